The fourth-order valence-electron chi connectivity index (χ4n) is 0.403. The quantitative estimate of drug-likeness (QED) is 0.535. The SMILES string of the molecule is COP(=O)(OC)SC(C#N)CCl. The molecule has 0 N–H and O–H groups in total. The fraction of sp³-hybridized carbons (Fsp3) is 0.800. The van der Waals surface area contributed by atoms with Crippen molar-refractivity contribution >= 4 is 29.8 Å². The van der Waals surface area contributed by atoms with Gasteiger partial charge in [-0.1, -0.05) is 0 Å². The van der Waals surface area contributed by atoms with Crippen molar-refractivity contribution < 1.29 is 13.6 Å². The second-order valence-electron chi connectivity index (χ2n) is 1.69. The lowest BCUT2D eigenvalue weighted by Gasteiger charge is -2.13. The van der Waals surface area contributed by atoms with Gasteiger partial charge in [0.05, 0.1) is 6.07 Å². The molecule has 0 fully saturated rings. The number of hydrogen-bond acceptors (Lipinski definition) is 5. The Bertz CT molecular complexity index is 211. The van der Waals surface area contributed by atoms with Crippen molar-refractivity contribution in [2.24, 2.45) is 0 Å². The van der Waals surface area contributed by atoms with Gasteiger partial charge in [-0.15, -0.1) is 11.6 Å². The highest BCUT2D eigenvalue weighted by molar-refractivity contribution is 8.55. The first-order valence-electron chi connectivity index (χ1n) is 2.97. The van der Waals surface area contributed by atoms with E-state index in [1.165, 1.54) is 14.2 Å². The van der Waals surface area contributed by atoms with Crippen molar-refractivity contribution in [2.45, 2.75) is 5.25 Å². The first-order valence-corrected chi connectivity index (χ1v) is 6.53. The molecular weight excluding hydrogens is 221 g/mol. The van der Waals surface area contributed by atoms with Crippen LogP contribution in [0, 0.1) is 11.3 Å². The molecule has 0 aliphatic heterocycles. The van der Waals surface area contributed by atoms with Crippen molar-refractivity contribution in [3.8, 4) is 6.07 Å². The van der Waals surface area contributed by atoms with Crippen LogP contribution in [0.3, 0.4) is 0 Å². The Morgan fingerprint density at radius 3 is 2.42 bits per heavy atom. The molecule has 70 valence electrons. The third kappa shape index (κ3) is 3.79. The minimum atomic E-state index is -3.16. The molecule has 0 amide bonds. The topological polar surface area (TPSA) is 59.3 Å². The molecule has 0 aliphatic rings. The van der Waals surface area contributed by atoms with Crippen LogP contribution >= 0.6 is 29.8 Å². The highest BCUT2D eigenvalue weighted by Crippen LogP contribution is 2.61. The zero-order chi connectivity index (χ0) is 9.61. The Labute approximate surface area is 80.5 Å². The minimum Gasteiger partial charge on any atom is -0.304 e. The predicted molar refractivity (Wildman–Crippen MR) is 49.3 cm³/mol. The molecule has 0 aromatic carbocycles. The molecule has 0 bridgehead atoms. The van der Waals surface area contributed by atoms with Gasteiger partial charge in [0, 0.05) is 20.1 Å². The van der Waals surface area contributed by atoms with Crippen molar-refractivity contribution in [1.82, 2.24) is 0 Å². The molecule has 0 saturated carbocycles. The summed E-state index contributed by atoms with van der Waals surface area (Å²) in [6, 6.07) is 1.87. The van der Waals surface area contributed by atoms with Crippen LogP contribution in [0.2, 0.25) is 0 Å². The minimum absolute atomic E-state index is 0.0951. The van der Waals surface area contributed by atoms with E-state index in [1.54, 1.807) is 0 Å². The smallest absolute Gasteiger partial charge is 0.304 e. The molecule has 0 aliphatic carbocycles. The van der Waals surface area contributed by atoms with Crippen molar-refractivity contribution in [3.63, 3.8) is 0 Å². The summed E-state index contributed by atoms with van der Waals surface area (Å²) in [6.45, 7) is -3.16. The summed E-state index contributed by atoms with van der Waals surface area (Å²) < 4.78 is 20.6. The van der Waals surface area contributed by atoms with Crippen LogP contribution in [0.1, 0.15) is 0 Å². The first kappa shape index (κ1) is 12.3. The number of nitriles is 1. The Morgan fingerprint density at radius 1 is 1.67 bits per heavy atom. The lowest BCUT2D eigenvalue weighted by Crippen LogP contribution is -2.00. The van der Waals surface area contributed by atoms with E-state index in [9.17, 15) is 4.57 Å². The van der Waals surface area contributed by atoms with E-state index in [0.717, 1.165) is 11.4 Å². The van der Waals surface area contributed by atoms with Crippen LogP contribution < -0.4 is 0 Å². The summed E-state index contributed by atoms with van der Waals surface area (Å²) in [4.78, 5) is 0. The van der Waals surface area contributed by atoms with Crippen LogP contribution in [0.15, 0.2) is 0 Å². The van der Waals surface area contributed by atoms with Crippen LogP contribution in [0.25, 0.3) is 0 Å². The van der Waals surface area contributed by atoms with Gasteiger partial charge in [-0.25, -0.2) is 4.57 Å². The monoisotopic (exact) mass is 229 g/mol. The van der Waals surface area contributed by atoms with Gasteiger partial charge in [-0.3, -0.25) is 0 Å². The fourth-order valence-corrected chi connectivity index (χ4v) is 3.48. The number of alkyl halides is 1. The van der Waals surface area contributed by atoms with Crippen molar-refractivity contribution in [1.29, 1.82) is 5.26 Å². The summed E-state index contributed by atoms with van der Waals surface area (Å²) in [7, 11) is 2.53. The van der Waals surface area contributed by atoms with Crippen molar-refractivity contribution in [2.75, 3.05) is 20.1 Å². The maximum absolute atomic E-state index is 11.4. The van der Waals surface area contributed by atoms with Gasteiger partial charge < -0.3 is 9.05 Å². The van der Waals surface area contributed by atoms with E-state index in [-0.39, 0.29) is 5.88 Å². The molecule has 7 heteroatoms. The lowest BCUT2D eigenvalue weighted by molar-refractivity contribution is 0.295. The molecule has 0 aromatic rings. The van der Waals surface area contributed by atoms with E-state index in [1.807, 2.05) is 6.07 Å². The third-order valence-corrected chi connectivity index (χ3v) is 5.59. The maximum atomic E-state index is 11.4. The molecule has 1 atom stereocenters. The Hall–Kier alpha value is 0.280. The van der Waals surface area contributed by atoms with Crippen LogP contribution in [-0.2, 0) is 13.6 Å². The summed E-state index contributed by atoms with van der Waals surface area (Å²) in [5, 5.41) is 7.92. The van der Waals surface area contributed by atoms with Gasteiger partial charge in [-0.05, 0) is 11.4 Å². The molecule has 1 unspecified atom stereocenters. The second-order valence-corrected chi connectivity index (χ2v) is 6.38. The van der Waals surface area contributed by atoms with E-state index in [0.29, 0.717) is 0 Å². The van der Waals surface area contributed by atoms with E-state index >= 15 is 0 Å². The highest BCUT2D eigenvalue weighted by Gasteiger charge is 2.27. The second kappa shape index (κ2) is 5.85. The predicted octanol–water partition coefficient (Wildman–Crippen LogP) is 2.25. The van der Waals surface area contributed by atoms with Gasteiger partial charge in [0.15, 0.2) is 0 Å². The largest absolute Gasteiger partial charge is 0.389 e. The van der Waals surface area contributed by atoms with Gasteiger partial charge in [0.2, 0.25) is 0 Å². The zero-order valence-electron chi connectivity index (χ0n) is 6.69. The summed E-state index contributed by atoms with van der Waals surface area (Å²) >= 11 is 6.22. The molecule has 0 spiro atoms. The number of halogens is 1. The van der Waals surface area contributed by atoms with Gasteiger partial charge in [0.1, 0.15) is 5.25 Å². The molecule has 0 heterocycles. The van der Waals surface area contributed by atoms with Crippen LogP contribution in [0.4, 0.5) is 0 Å². The molecular formula is C5H9ClNO3PS. The molecule has 0 aromatic heterocycles. The summed E-state index contributed by atoms with van der Waals surface area (Å²) in [5.41, 5.74) is 0. The van der Waals surface area contributed by atoms with Crippen LogP contribution in [-0.4, -0.2) is 25.3 Å². The summed E-state index contributed by atoms with van der Waals surface area (Å²) in [5.74, 6) is 0.0951. The molecule has 4 nitrogen and oxygen atoms in total. The molecule has 0 rings (SSSR count). The molecule has 12 heavy (non-hydrogen) atoms. The van der Waals surface area contributed by atoms with Crippen LogP contribution in [0.5, 0.6) is 0 Å². The first-order chi connectivity index (χ1) is 5.61. The van der Waals surface area contributed by atoms with Gasteiger partial charge in [-0.2, -0.15) is 5.26 Å². The van der Waals surface area contributed by atoms with Gasteiger partial charge in [0.25, 0.3) is 0 Å². The Kier molecular flexibility index (Phi) is 5.98. The van der Waals surface area contributed by atoms with Gasteiger partial charge >= 0.3 is 6.80 Å². The molecule has 0 saturated heterocycles. The summed E-state index contributed by atoms with van der Waals surface area (Å²) in [6.07, 6.45) is 0. The van der Waals surface area contributed by atoms with E-state index in [4.69, 9.17) is 16.9 Å². The average Bonchev–Trinajstić information content (AvgIpc) is 2.14. The number of hydrogen-bond donors (Lipinski definition) is 0. The standard InChI is InChI=1S/C5H9ClNO3PS/c1-9-11(8,10-2)12-5(3-6)4-7/h5H,3H2,1-2H3. The lowest BCUT2D eigenvalue weighted by atomic mass is 10.5. The van der Waals surface area contributed by atoms with Crippen molar-refractivity contribution in [3.05, 3.63) is 0 Å². The van der Waals surface area contributed by atoms with E-state index < -0.39 is 12.0 Å². The molecule has 0 radical (unpaired) electrons. The Morgan fingerprint density at radius 2 is 2.17 bits per heavy atom. The van der Waals surface area contributed by atoms with E-state index in [2.05, 4.69) is 9.05 Å². The number of rotatable bonds is 5. The average molecular weight is 230 g/mol. The Balaban J connectivity index is 4.21. The third-order valence-electron chi connectivity index (χ3n) is 0.988. The maximum Gasteiger partial charge on any atom is 0.389 e. The zero-order valence-corrected chi connectivity index (χ0v) is 9.16. The normalized spacial score (nSPS) is 13.8. The highest BCUT2D eigenvalue weighted by atomic mass is 35.5. The number of nitrogens with zero attached hydrogens (tertiary/aromatic N) is 1.